The Labute approximate surface area is 187 Å². The van der Waals surface area contributed by atoms with Gasteiger partial charge < -0.3 is 14.2 Å². The fourth-order valence-corrected chi connectivity index (χ4v) is 3.46. The maximum absolute atomic E-state index is 6.01. The third kappa shape index (κ3) is 4.38. The Balaban J connectivity index is 1.47. The lowest BCUT2D eigenvalue weighted by Gasteiger charge is -2.13. The molecule has 0 aliphatic rings. The van der Waals surface area contributed by atoms with Crippen molar-refractivity contribution in [1.29, 1.82) is 0 Å². The van der Waals surface area contributed by atoms with Crippen molar-refractivity contribution in [1.82, 2.24) is 29.9 Å². The smallest absolute Gasteiger partial charge is 0.218 e. The highest BCUT2D eigenvalue weighted by Gasteiger charge is 2.14. The minimum atomic E-state index is 0.444. The lowest BCUT2D eigenvalue weighted by molar-refractivity contribution is 0.235. The first kappa shape index (κ1) is 20.9. The van der Waals surface area contributed by atoms with E-state index in [4.69, 9.17) is 14.2 Å². The van der Waals surface area contributed by atoms with Crippen LogP contribution >= 0.6 is 15.9 Å². The number of hydrogen-bond acceptors (Lipinski definition) is 7. The Bertz CT molecular complexity index is 1220. The van der Waals surface area contributed by atoms with E-state index in [1.807, 2.05) is 13.1 Å². The highest BCUT2D eigenvalue weighted by atomic mass is 79.9. The molecule has 0 amide bonds. The summed E-state index contributed by atoms with van der Waals surface area (Å²) in [5.41, 5.74) is 3.14. The summed E-state index contributed by atoms with van der Waals surface area (Å²) in [7, 11) is 3.40. The largest absolute Gasteiger partial charge is 0.491 e. The summed E-state index contributed by atoms with van der Waals surface area (Å²) in [6.45, 7) is 4.69. The average molecular weight is 485 g/mol. The molecule has 10 heteroatoms. The zero-order valence-electron chi connectivity index (χ0n) is 17.1. The second kappa shape index (κ2) is 9.17. The number of hydrogen-bond donors (Lipinski definition) is 1. The highest BCUT2D eigenvalue weighted by molar-refractivity contribution is 9.10. The zero-order chi connectivity index (χ0) is 21.8. The highest BCUT2D eigenvalue weighted by Crippen LogP contribution is 2.33. The van der Waals surface area contributed by atoms with Gasteiger partial charge in [0, 0.05) is 30.5 Å². The maximum Gasteiger partial charge on any atom is 0.218 e. The average Bonchev–Trinajstić information content (AvgIpc) is 3.35. The first-order chi connectivity index (χ1) is 15.1. The summed E-state index contributed by atoms with van der Waals surface area (Å²) >= 11 is 3.47. The van der Waals surface area contributed by atoms with Gasteiger partial charge in [0.2, 0.25) is 11.8 Å². The molecule has 31 heavy (non-hydrogen) atoms. The van der Waals surface area contributed by atoms with E-state index in [1.165, 1.54) is 0 Å². The molecule has 0 atom stereocenters. The summed E-state index contributed by atoms with van der Waals surface area (Å²) in [6, 6.07) is 3.74. The summed E-state index contributed by atoms with van der Waals surface area (Å²) in [5.74, 6) is 1.77. The van der Waals surface area contributed by atoms with Crippen LogP contribution in [0.1, 0.15) is 12.0 Å². The molecule has 0 bridgehead atoms. The number of fused-ring (bicyclic) bond motifs is 1. The standard InChI is InChI=1S/C21H21BrN6O3/c1-4-13-10-25-28(2)21(13)31-7-5-6-30-18-12-24-19(29-3)9-14(18)16-8-15-17(11-23-16)26-27-20(15)22/h4,8-12H,1,5-7H2,2-3H3,(H,26,27). The van der Waals surface area contributed by atoms with Crippen molar-refractivity contribution in [2.24, 2.45) is 7.05 Å². The van der Waals surface area contributed by atoms with E-state index in [2.05, 4.69) is 47.8 Å². The van der Waals surface area contributed by atoms with Gasteiger partial charge in [0.05, 0.1) is 50.2 Å². The Morgan fingerprint density at radius 3 is 2.81 bits per heavy atom. The number of halogens is 1. The maximum atomic E-state index is 6.01. The minimum absolute atomic E-state index is 0.444. The summed E-state index contributed by atoms with van der Waals surface area (Å²) in [4.78, 5) is 8.79. The molecule has 1 N–H and O–H groups in total. The van der Waals surface area contributed by atoms with Crippen molar-refractivity contribution < 1.29 is 14.2 Å². The molecule has 160 valence electrons. The van der Waals surface area contributed by atoms with Crippen LogP contribution in [-0.4, -0.2) is 50.3 Å². The van der Waals surface area contributed by atoms with Gasteiger partial charge in [-0.25, -0.2) is 9.67 Å². The van der Waals surface area contributed by atoms with E-state index in [9.17, 15) is 0 Å². The number of methoxy groups -OCH3 is 1. The van der Waals surface area contributed by atoms with Crippen LogP contribution in [0.3, 0.4) is 0 Å². The van der Waals surface area contributed by atoms with E-state index in [0.717, 1.165) is 32.3 Å². The molecule has 0 saturated heterocycles. The Hall–Kier alpha value is -3.40. The van der Waals surface area contributed by atoms with Crippen molar-refractivity contribution in [2.45, 2.75) is 6.42 Å². The van der Waals surface area contributed by atoms with Crippen molar-refractivity contribution in [3.05, 3.63) is 47.5 Å². The molecule has 4 heterocycles. The molecule has 0 aromatic carbocycles. The van der Waals surface area contributed by atoms with E-state index in [0.29, 0.717) is 37.1 Å². The van der Waals surface area contributed by atoms with E-state index in [-0.39, 0.29) is 0 Å². The number of aromatic amines is 1. The molecule has 4 rings (SSSR count). The zero-order valence-corrected chi connectivity index (χ0v) is 18.7. The van der Waals surface area contributed by atoms with Crippen molar-refractivity contribution in [3.63, 3.8) is 0 Å². The number of aryl methyl sites for hydroxylation is 1. The lowest BCUT2D eigenvalue weighted by Crippen LogP contribution is -2.08. The Kier molecular flexibility index (Phi) is 6.17. The van der Waals surface area contributed by atoms with Crippen LogP contribution in [0.5, 0.6) is 17.5 Å². The van der Waals surface area contributed by atoms with Crippen LogP contribution < -0.4 is 14.2 Å². The number of ether oxygens (including phenoxy) is 3. The quantitative estimate of drug-likeness (QED) is 0.358. The summed E-state index contributed by atoms with van der Waals surface area (Å²) < 4.78 is 19.6. The third-order valence-electron chi connectivity index (χ3n) is 4.64. The second-order valence-electron chi connectivity index (χ2n) is 6.63. The SMILES string of the molecule is C=Cc1cnn(C)c1OCCCOc1cnc(OC)cc1-c1cc2c(Br)[nH]nc2cn1. The summed E-state index contributed by atoms with van der Waals surface area (Å²) in [6.07, 6.45) is 7.46. The Morgan fingerprint density at radius 1 is 1.16 bits per heavy atom. The molecular formula is C21H21BrN6O3. The summed E-state index contributed by atoms with van der Waals surface area (Å²) in [5, 5.41) is 12.2. The van der Waals surface area contributed by atoms with Gasteiger partial charge in [-0.3, -0.25) is 10.1 Å². The molecule has 0 radical (unpaired) electrons. The van der Waals surface area contributed by atoms with Crippen molar-refractivity contribution in [3.8, 4) is 28.8 Å². The van der Waals surface area contributed by atoms with Crippen molar-refractivity contribution in [2.75, 3.05) is 20.3 Å². The van der Waals surface area contributed by atoms with Crippen LogP contribution in [-0.2, 0) is 7.05 Å². The first-order valence-corrected chi connectivity index (χ1v) is 10.3. The van der Waals surface area contributed by atoms with Gasteiger partial charge in [-0.1, -0.05) is 12.7 Å². The van der Waals surface area contributed by atoms with Gasteiger partial charge in [0.25, 0.3) is 0 Å². The molecule has 0 fully saturated rings. The number of H-pyrrole nitrogens is 1. The van der Waals surface area contributed by atoms with E-state index in [1.54, 1.807) is 42.5 Å². The third-order valence-corrected chi connectivity index (χ3v) is 5.24. The van der Waals surface area contributed by atoms with Gasteiger partial charge in [-0.05, 0) is 22.0 Å². The molecule has 0 aliphatic carbocycles. The molecule has 4 aromatic rings. The van der Waals surface area contributed by atoms with Crippen LogP contribution in [0, 0.1) is 0 Å². The fraction of sp³-hybridized carbons (Fsp3) is 0.238. The van der Waals surface area contributed by atoms with Crippen LogP contribution in [0.15, 0.2) is 41.9 Å². The minimum Gasteiger partial charge on any atom is -0.491 e. The number of pyridine rings is 2. The van der Waals surface area contributed by atoms with E-state index < -0.39 is 0 Å². The number of aromatic nitrogens is 6. The predicted octanol–water partition coefficient (Wildman–Crippen LogP) is 4.02. The normalized spacial score (nSPS) is 10.9. The fourth-order valence-electron chi connectivity index (χ4n) is 3.05. The van der Waals surface area contributed by atoms with Gasteiger partial charge >= 0.3 is 0 Å². The van der Waals surface area contributed by atoms with Gasteiger partial charge in [-0.15, -0.1) is 0 Å². The molecular weight excluding hydrogens is 464 g/mol. The molecule has 9 nitrogen and oxygen atoms in total. The van der Waals surface area contributed by atoms with Gasteiger partial charge in [0.15, 0.2) is 0 Å². The van der Waals surface area contributed by atoms with Crippen LogP contribution in [0.25, 0.3) is 28.2 Å². The lowest BCUT2D eigenvalue weighted by atomic mass is 10.1. The molecule has 0 saturated carbocycles. The number of nitrogens with one attached hydrogen (secondary N) is 1. The Morgan fingerprint density at radius 2 is 2.00 bits per heavy atom. The van der Waals surface area contributed by atoms with Crippen LogP contribution in [0.2, 0.25) is 0 Å². The van der Waals surface area contributed by atoms with Gasteiger partial charge in [0.1, 0.15) is 15.9 Å². The van der Waals surface area contributed by atoms with E-state index >= 15 is 0 Å². The second-order valence-corrected chi connectivity index (χ2v) is 7.42. The molecule has 0 aliphatic heterocycles. The van der Waals surface area contributed by atoms with Gasteiger partial charge in [-0.2, -0.15) is 10.2 Å². The molecule has 0 spiro atoms. The first-order valence-electron chi connectivity index (χ1n) is 9.54. The molecule has 4 aromatic heterocycles. The van der Waals surface area contributed by atoms with Crippen molar-refractivity contribution >= 4 is 32.9 Å². The van der Waals surface area contributed by atoms with Crippen LogP contribution in [0.4, 0.5) is 0 Å². The monoisotopic (exact) mass is 484 g/mol. The predicted molar refractivity (Wildman–Crippen MR) is 120 cm³/mol. The topological polar surface area (TPSA) is 100.0 Å². The number of nitrogens with zero attached hydrogens (tertiary/aromatic N) is 5. The molecule has 0 unspecified atom stereocenters. The number of rotatable bonds is 9.